The minimum absolute atomic E-state index is 0.144. The predicted molar refractivity (Wildman–Crippen MR) is 81.9 cm³/mol. The maximum absolute atomic E-state index is 11.6. The van der Waals surface area contributed by atoms with E-state index in [1.165, 1.54) is 0 Å². The van der Waals surface area contributed by atoms with Crippen molar-refractivity contribution in [3.63, 3.8) is 0 Å². The van der Waals surface area contributed by atoms with E-state index in [0.29, 0.717) is 24.7 Å². The molecule has 0 heterocycles. The lowest BCUT2D eigenvalue weighted by Crippen LogP contribution is -2.27. The Morgan fingerprint density at radius 3 is 2.57 bits per heavy atom. The molecule has 0 saturated carbocycles. The van der Waals surface area contributed by atoms with E-state index >= 15 is 0 Å². The van der Waals surface area contributed by atoms with Crippen LogP contribution in [0.4, 0.5) is 0 Å². The summed E-state index contributed by atoms with van der Waals surface area (Å²) >= 11 is 0. The summed E-state index contributed by atoms with van der Waals surface area (Å²) in [6, 6.07) is 7.46. The summed E-state index contributed by atoms with van der Waals surface area (Å²) < 4.78 is 5.06. The first-order valence-corrected chi connectivity index (χ1v) is 6.85. The number of carbonyl (C=O) groups excluding carboxylic acids is 1. The van der Waals surface area contributed by atoms with Gasteiger partial charge in [0, 0.05) is 13.0 Å². The van der Waals surface area contributed by atoms with E-state index in [9.17, 15) is 4.79 Å². The van der Waals surface area contributed by atoms with Crippen LogP contribution in [0.15, 0.2) is 29.4 Å². The molecule has 1 aromatic rings. The van der Waals surface area contributed by atoms with Gasteiger partial charge in [0.05, 0.1) is 7.11 Å². The van der Waals surface area contributed by atoms with Gasteiger partial charge >= 0.3 is 0 Å². The predicted octanol–water partition coefficient (Wildman–Crippen LogP) is 1.65. The average molecular weight is 293 g/mol. The average Bonchev–Trinajstić information content (AvgIpc) is 2.45. The Kier molecular flexibility index (Phi) is 7.08. The van der Waals surface area contributed by atoms with Crippen LogP contribution in [0.2, 0.25) is 0 Å². The number of ether oxygens (including phenoxy) is 1. The van der Waals surface area contributed by atoms with E-state index in [-0.39, 0.29) is 12.5 Å². The van der Waals surface area contributed by atoms with E-state index in [1.807, 2.05) is 38.1 Å². The van der Waals surface area contributed by atoms with Gasteiger partial charge in [-0.25, -0.2) is 0 Å². The van der Waals surface area contributed by atoms with Crippen molar-refractivity contribution in [3.05, 3.63) is 29.8 Å². The third-order valence-corrected chi connectivity index (χ3v) is 2.64. The molecule has 0 bridgehead atoms. The van der Waals surface area contributed by atoms with Crippen molar-refractivity contribution in [2.45, 2.75) is 26.8 Å². The number of methoxy groups -OCH3 is 1. The molecule has 116 valence electrons. The Morgan fingerprint density at radius 1 is 1.33 bits per heavy atom. The molecule has 0 unspecified atom stereocenters. The van der Waals surface area contributed by atoms with Crippen molar-refractivity contribution < 1.29 is 14.4 Å². The molecule has 0 aliphatic rings. The number of amides is 1. The first-order valence-electron chi connectivity index (χ1n) is 6.85. The minimum Gasteiger partial charge on any atom is -0.497 e. The Bertz CT molecular complexity index is 470. The van der Waals surface area contributed by atoms with Crippen LogP contribution in [0.3, 0.4) is 0 Å². The second-order valence-electron chi connectivity index (χ2n) is 5.08. The summed E-state index contributed by atoms with van der Waals surface area (Å²) in [7, 11) is 1.61. The van der Waals surface area contributed by atoms with Gasteiger partial charge in [-0.15, -0.1) is 0 Å². The number of nitrogens with zero attached hydrogens (tertiary/aromatic N) is 1. The highest BCUT2D eigenvalue weighted by Gasteiger charge is 2.03. The summed E-state index contributed by atoms with van der Waals surface area (Å²) in [6.45, 7) is 4.35. The van der Waals surface area contributed by atoms with E-state index in [1.54, 1.807) is 7.11 Å². The summed E-state index contributed by atoms with van der Waals surface area (Å²) in [5.41, 5.74) is 6.61. The molecule has 21 heavy (non-hydrogen) atoms. The van der Waals surface area contributed by atoms with Gasteiger partial charge in [-0.2, -0.15) is 0 Å². The first-order chi connectivity index (χ1) is 10.0. The summed E-state index contributed by atoms with van der Waals surface area (Å²) in [4.78, 5) is 16.5. The largest absolute Gasteiger partial charge is 0.497 e. The van der Waals surface area contributed by atoms with Crippen LogP contribution in [0.25, 0.3) is 0 Å². The lowest BCUT2D eigenvalue weighted by molar-refractivity contribution is -0.125. The van der Waals surface area contributed by atoms with Crippen molar-refractivity contribution in [3.8, 4) is 5.75 Å². The normalized spacial score (nSPS) is 11.3. The summed E-state index contributed by atoms with van der Waals surface area (Å²) in [5.74, 6) is 1.34. The van der Waals surface area contributed by atoms with E-state index in [4.69, 9.17) is 15.3 Å². The third-order valence-electron chi connectivity index (χ3n) is 2.64. The van der Waals surface area contributed by atoms with Gasteiger partial charge in [0.25, 0.3) is 5.91 Å². The molecular formula is C15H23N3O3. The number of nitrogens with two attached hydrogens (primary N) is 1. The molecule has 0 spiro atoms. The van der Waals surface area contributed by atoms with Gasteiger partial charge in [0.1, 0.15) is 11.6 Å². The molecule has 1 amide bonds. The van der Waals surface area contributed by atoms with Crippen LogP contribution in [0.5, 0.6) is 5.75 Å². The number of nitrogens with one attached hydrogen (secondary N) is 1. The van der Waals surface area contributed by atoms with Crippen LogP contribution in [-0.2, 0) is 16.2 Å². The third kappa shape index (κ3) is 7.20. The molecule has 3 N–H and O–H groups in total. The van der Waals surface area contributed by atoms with E-state index in [0.717, 1.165) is 11.3 Å². The number of benzene rings is 1. The van der Waals surface area contributed by atoms with Crippen molar-refractivity contribution in [2.75, 3.05) is 13.7 Å². The zero-order valence-corrected chi connectivity index (χ0v) is 12.8. The molecule has 1 rings (SSSR count). The van der Waals surface area contributed by atoms with Gasteiger partial charge in [0.15, 0.2) is 6.61 Å². The molecule has 0 radical (unpaired) electrons. The highest BCUT2D eigenvalue weighted by Crippen LogP contribution is 2.10. The van der Waals surface area contributed by atoms with Crippen LogP contribution in [0.1, 0.15) is 25.8 Å². The number of hydrogen-bond donors (Lipinski definition) is 2. The zero-order chi connectivity index (χ0) is 15.7. The fourth-order valence-electron chi connectivity index (χ4n) is 1.62. The van der Waals surface area contributed by atoms with Crippen LogP contribution < -0.4 is 15.8 Å². The number of hydrogen-bond acceptors (Lipinski definition) is 4. The van der Waals surface area contributed by atoms with Crippen LogP contribution in [0, 0.1) is 5.92 Å². The highest BCUT2D eigenvalue weighted by molar-refractivity contribution is 5.80. The summed E-state index contributed by atoms with van der Waals surface area (Å²) in [6.07, 6.45) is 0.646. The molecule has 6 heteroatoms. The smallest absolute Gasteiger partial charge is 0.261 e. The monoisotopic (exact) mass is 293 g/mol. The molecule has 0 saturated heterocycles. The Morgan fingerprint density at radius 2 is 2.00 bits per heavy atom. The standard InChI is InChI=1S/C15H23N3O3/c1-11(2)8-14(16)18-21-10-15(19)17-9-12-4-6-13(20-3)7-5-12/h4-7,11H,8-10H2,1-3H3,(H2,16,18)(H,17,19). The van der Waals surface area contributed by atoms with Gasteiger partial charge in [0.2, 0.25) is 0 Å². The molecule has 0 aliphatic heterocycles. The Hall–Kier alpha value is -2.24. The molecular weight excluding hydrogens is 270 g/mol. The fourth-order valence-corrected chi connectivity index (χ4v) is 1.62. The molecule has 0 atom stereocenters. The molecule has 0 aliphatic carbocycles. The van der Waals surface area contributed by atoms with Crippen molar-refractivity contribution in [2.24, 2.45) is 16.8 Å². The lowest BCUT2D eigenvalue weighted by Gasteiger charge is -2.06. The number of rotatable bonds is 8. The van der Waals surface area contributed by atoms with Crippen molar-refractivity contribution in [1.29, 1.82) is 0 Å². The highest BCUT2D eigenvalue weighted by atomic mass is 16.6. The second kappa shape index (κ2) is 8.84. The second-order valence-corrected chi connectivity index (χ2v) is 5.08. The quantitative estimate of drug-likeness (QED) is 0.433. The van der Waals surface area contributed by atoms with Crippen molar-refractivity contribution in [1.82, 2.24) is 5.32 Å². The van der Waals surface area contributed by atoms with Gasteiger partial charge in [-0.3, -0.25) is 4.79 Å². The first kappa shape index (κ1) is 16.8. The maximum Gasteiger partial charge on any atom is 0.261 e. The van der Waals surface area contributed by atoms with Gasteiger partial charge < -0.3 is 20.6 Å². The topological polar surface area (TPSA) is 85.9 Å². The van der Waals surface area contributed by atoms with E-state index < -0.39 is 0 Å². The number of amidine groups is 1. The zero-order valence-electron chi connectivity index (χ0n) is 12.8. The van der Waals surface area contributed by atoms with Crippen molar-refractivity contribution >= 4 is 11.7 Å². The molecule has 6 nitrogen and oxygen atoms in total. The number of oxime groups is 1. The Balaban J connectivity index is 2.27. The number of carbonyl (C=O) groups is 1. The van der Waals surface area contributed by atoms with Gasteiger partial charge in [-0.05, 0) is 23.6 Å². The molecule has 1 aromatic carbocycles. The maximum atomic E-state index is 11.6. The molecule has 0 aromatic heterocycles. The van der Waals surface area contributed by atoms with E-state index in [2.05, 4.69) is 10.5 Å². The fraction of sp³-hybridized carbons (Fsp3) is 0.467. The van der Waals surface area contributed by atoms with Gasteiger partial charge in [-0.1, -0.05) is 31.1 Å². The lowest BCUT2D eigenvalue weighted by atomic mass is 10.1. The van der Waals surface area contributed by atoms with Crippen LogP contribution in [-0.4, -0.2) is 25.5 Å². The minimum atomic E-state index is -0.244. The van der Waals surface area contributed by atoms with Crippen LogP contribution >= 0.6 is 0 Å². The molecule has 0 fully saturated rings. The summed E-state index contributed by atoms with van der Waals surface area (Å²) in [5, 5.41) is 6.44. The SMILES string of the molecule is COc1ccc(CNC(=O)CON=C(N)CC(C)C)cc1. The Labute approximate surface area is 125 Å².